The lowest BCUT2D eigenvalue weighted by atomic mass is 9.86. The van der Waals surface area contributed by atoms with Gasteiger partial charge in [-0.1, -0.05) is 261 Å². The molecule has 15 rings (SSSR count). The van der Waals surface area contributed by atoms with Crippen LogP contribution >= 0.6 is 0 Å². The van der Waals surface area contributed by atoms with Crippen molar-refractivity contribution in [1.29, 1.82) is 0 Å². The molecule has 0 fully saturated rings. The minimum Gasteiger partial charge on any atom is -0.307 e. The molecule has 15 aromatic rings. The summed E-state index contributed by atoms with van der Waals surface area (Å²) in [7, 11) is 0. The fourth-order valence-corrected chi connectivity index (χ4v) is 11.9. The van der Waals surface area contributed by atoms with E-state index < -0.39 is 0 Å². The van der Waals surface area contributed by atoms with Crippen LogP contribution in [-0.4, -0.2) is 24.1 Å². The van der Waals surface area contributed by atoms with Crippen LogP contribution in [0.15, 0.2) is 297 Å². The molecule has 3 heterocycles. The Bertz CT molecular complexity index is 4760. The maximum atomic E-state index is 5.63. The van der Waals surface area contributed by atoms with Crippen LogP contribution in [0.3, 0.4) is 0 Å². The summed E-state index contributed by atoms with van der Waals surface area (Å²) in [6, 6.07) is 106. The molecule has 0 amide bonds. The Labute approximate surface area is 463 Å². The van der Waals surface area contributed by atoms with Crippen LogP contribution in [0.5, 0.6) is 0 Å². The summed E-state index contributed by atoms with van der Waals surface area (Å²) in [5.74, 6) is 1.68. The third-order valence-corrected chi connectivity index (χ3v) is 15.6. The number of rotatable bonds is 10. The Morgan fingerprint density at radius 3 is 1.05 bits per heavy atom. The van der Waals surface area contributed by atoms with E-state index in [0.29, 0.717) is 17.6 Å². The molecular formula is C75H49N5. The second-order valence-electron chi connectivity index (χ2n) is 20.3. The SMILES string of the molecule is c1ccc(-c2ccc(-c3c(-c4ccc(-c5ccccc5)cc4)c4c5ccccc5n(-c5nc(-c6ccccc6)nc(-c6cccc(-c7cccc(-c8ccccc8)c7)c6)n5)c4c4c3c3ccccc3n4-c3ccccc3)cc2)cc1. The van der Waals surface area contributed by atoms with Crippen LogP contribution in [0.4, 0.5) is 0 Å². The van der Waals surface area contributed by atoms with E-state index >= 15 is 0 Å². The molecule has 0 aliphatic rings. The van der Waals surface area contributed by atoms with Gasteiger partial charge in [0.05, 0.1) is 22.1 Å². The standard InChI is InChI=1S/C75H49N5/c1-6-22-50(23-7-1)53-40-44-55(45-41-53)67-68(56-46-42-54(43-47-56)51-24-8-2-9-25-51)70-64-37-17-19-39-66(64)80(72(70)71-69(67)63-36-16-18-38-65(63)79(71)62-34-14-5-15-35-62)75-77-73(57-28-12-4-13-29-57)76-74(78-75)61-33-21-32-60(49-61)59-31-20-30-58(48-59)52-26-10-3-11-27-52/h1-49H. The van der Waals surface area contributed by atoms with Crippen LogP contribution in [-0.2, 0) is 0 Å². The van der Waals surface area contributed by atoms with E-state index in [1.54, 1.807) is 0 Å². The normalized spacial score (nSPS) is 11.5. The van der Waals surface area contributed by atoms with Crippen LogP contribution < -0.4 is 0 Å². The van der Waals surface area contributed by atoms with Crippen molar-refractivity contribution in [2.24, 2.45) is 0 Å². The first-order chi connectivity index (χ1) is 39.7. The topological polar surface area (TPSA) is 48.5 Å². The molecule has 5 nitrogen and oxygen atoms in total. The third-order valence-electron chi connectivity index (χ3n) is 15.6. The zero-order valence-electron chi connectivity index (χ0n) is 43.5. The number of aromatic nitrogens is 5. The Morgan fingerprint density at radius 1 is 0.225 bits per heavy atom. The van der Waals surface area contributed by atoms with Crippen LogP contribution in [0.1, 0.15) is 0 Å². The first kappa shape index (κ1) is 46.5. The van der Waals surface area contributed by atoms with Gasteiger partial charge in [0.1, 0.15) is 0 Å². The summed E-state index contributed by atoms with van der Waals surface area (Å²) in [6.45, 7) is 0. The van der Waals surface area contributed by atoms with Gasteiger partial charge in [0, 0.05) is 49.5 Å². The highest BCUT2D eigenvalue weighted by Crippen LogP contribution is 2.52. The second kappa shape index (κ2) is 19.7. The van der Waals surface area contributed by atoms with Crippen LogP contribution in [0, 0.1) is 0 Å². The van der Waals surface area contributed by atoms with Crippen molar-refractivity contribution in [1.82, 2.24) is 24.1 Å². The minimum atomic E-state index is 0.521. The number of hydrogen-bond acceptors (Lipinski definition) is 3. The largest absolute Gasteiger partial charge is 0.307 e. The Balaban J connectivity index is 1.07. The molecule has 0 bridgehead atoms. The third kappa shape index (κ3) is 8.07. The van der Waals surface area contributed by atoms with Gasteiger partial charge >= 0.3 is 0 Å². The van der Waals surface area contributed by atoms with Crippen molar-refractivity contribution in [3.63, 3.8) is 0 Å². The van der Waals surface area contributed by atoms with E-state index in [1.165, 1.54) is 16.7 Å². The molecule has 0 aliphatic heterocycles. The molecule has 0 atom stereocenters. The molecule has 5 heteroatoms. The molecule has 3 aromatic heterocycles. The van der Waals surface area contributed by atoms with Crippen molar-refractivity contribution in [2.45, 2.75) is 0 Å². The number of benzene rings is 12. The lowest BCUT2D eigenvalue weighted by Crippen LogP contribution is -2.07. The summed E-state index contributed by atoms with van der Waals surface area (Å²) < 4.78 is 4.78. The van der Waals surface area contributed by atoms with Gasteiger partial charge in [0.2, 0.25) is 5.95 Å². The minimum absolute atomic E-state index is 0.521. The summed E-state index contributed by atoms with van der Waals surface area (Å²) in [4.78, 5) is 16.5. The van der Waals surface area contributed by atoms with Gasteiger partial charge in [-0.2, -0.15) is 9.97 Å². The highest BCUT2D eigenvalue weighted by Gasteiger charge is 2.30. The highest BCUT2D eigenvalue weighted by molar-refractivity contribution is 6.33. The zero-order chi connectivity index (χ0) is 52.9. The average molecular weight is 1020 g/mol. The molecule has 0 saturated carbocycles. The Hall–Kier alpha value is -10.8. The maximum absolute atomic E-state index is 5.63. The first-order valence-corrected chi connectivity index (χ1v) is 27.2. The molecule has 374 valence electrons. The van der Waals surface area contributed by atoms with Gasteiger partial charge in [-0.25, -0.2) is 4.98 Å². The van der Waals surface area contributed by atoms with E-state index in [9.17, 15) is 0 Å². The molecule has 80 heavy (non-hydrogen) atoms. The molecule has 0 radical (unpaired) electrons. The summed E-state index contributed by atoms with van der Waals surface area (Å²) in [5, 5.41) is 4.47. The fourth-order valence-electron chi connectivity index (χ4n) is 11.9. The fraction of sp³-hybridized carbons (Fsp3) is 0. The lowest BCUT2D eigenvalue weighted by Gasteiger charge is -2.19. The second-order valence-corrected chi connectivity index (χ2v) is 20.3. The quantitative estimate of drug-likeness (QED) is 0.137. The number of hydrogen-bond donors (Lipinski definition) is 0. The van der Waals surface area contributed by atoms with Gasteiger partial charge in [-0.3, -0.25) is 4.57 Å². The van der Waals surface area contributed by atoms with Crippen molar-refractivity contribution < 1.29 is 0 Å². The molecular weight excluding hydrogens is 971 g/mol. The monoisotopic (exact) mass is 1020 g/mol. The molecule has 0 saturated heterocycles. The Kier molecular flexibility index (Phi) is 11.4. The van der Waals surface area contributed by atoms with E-state index in [0.717, 1.165) is 110 Å². The van der Waals surface area contributed by atoms with Crippen LogP contribution in [0.2, 0.25) is 0 Å². The predicted molar refractivity (Wildman–Crippen MR) is 332 cm³/mol. The summed E-state index contributed by atoms with van der Waals surface area (Å²) in [6.07, 6.45) is 0. The Morgan fingerprint density at radius 2 is 0.550 bits per heavy atom. The molecule has 12 aromatic carbocycles. The van der Waals surface area contributed by atoms with Crippen molar-refractivity contribution in [3.05, 3.63) is 297 Å². The lowest BCUT2D eigenvalue weighted by molar-refractivity contribution is 0.953. The summed E-state index contributed by atoms with van der Waals surface area (Å²) >= 11 is 0. The maximum Gasteiger partial charge on any atom is 0.238 e. The molecule has 0 spiro atoms. The van der Waals surface area contributed by atoms with Gasteiger partial charge < -0.3 is 4.57 Å². The van der Waals surface area contributed by atoms with Gasteiger partial charge in [-0.15, -0.1) is 0 Å². The summed E-state index contributed by atoms with van der Waals surface area (Å²) in [5.41, 5.74) is 20.7. The predicted octanol–water partition coefficient (Wildman–Crippen LogP) is 19.4. The van der Waals surface area contributed by atoms with E-state index in [1.807, 2.05) is 18.2 Å². The molecule has 0 N–H and O–H groups in total. The van der Waals surface area contributed by atoms with Gasteiger partial charge in [0.25, 0.3) is 0 Å². The van der Waals surface area contributed by atoms with Crippen molar-refractivity contribution in [2.75, 3.05) is 0 Å². The van der Waals surface area contributed by atoms with E-state index in [4.69, 9.17) is 15.0 Å². The number of nitrogens with zero attached hydrogens (tertiary/aromatic N) is 5. The smallest absolute Gasteiger partial charge is 0.238 e. The average Bonchev–Trinajstić information content (AvgIpc) is 4.22. The van der Waals surface area contributed by atoms with Crippen LogP contribution in [0.25, 0.3) is 145 Å². The number of fused-ring (bicyclic) bond motifs is 7. The van der Waals surface area contributed by atoms with Crippen molar-refractivity contribution >= 4 is 43.6 Å². The first-order valence-electron chi connectivity index (χ1n) is 27.2. The van der Waals surface area contributed by atoms with Gasteiger partial charge in [-0.05, 0) is 92.0 Å². The molecule has 0 unspecified atom stereocenters. The molecule has 0 aliphatic carbocycles. The highest BCUT2D eigenvalue weighted by atomic mass is 15.2. The van der Waals surface area contributed by atoms with E-state index in [2.05, 4.69) is 288 Å². The zero-order valence-corrected chi connectivity index (χ0v) is 43.5. The number of para-hydroxylation sites is 3. The van der Waals surface area contributed by atoms with E-state index in [-0.39, 0.29) is 0 Å². The van der Waals surface area contributed by atoms with Crippen molar-refractivity contribution in [3.8, 4) is 101 Å². The van der Waals surface area contributed by atoms with Gasteiger partial charge in [0.15, 0.2) is 11.6 Å².